The molecular weight excluding hydrogens is 331 g/mol. The van der Waals surface area contributed by atoms with Crippen molar-refractivity contribution in [3.05, 3.63) is 0 Å². The van der Waals surface area contributed by atoms with Gasteiger partial charge in [0.2, 0.25) is 0 Å². The van der Waals surface area contributed by atoms with E-state index in [1.807, 2.05) is 0 Å². The van der Waals surface area contributed by atoms with Crippen molar-refractivity contribution in [3.63, 3.8) is 0 Å². The normalized spacial score (nSPS) is 55.2. The Hall–Kier alpha value is 0.700. The maximum Gasteiger partial charge on any atom is 0.0162 e. The van der Waals surface area contributed by atoms with Crippen LogP contribution in [0.15, 0.2) is 0 Å². The minimum Gasteiger partial charge on any atom is -0.325 e. The summed E-state index contributed by atoms with van der Waals surface area (Å²) in [5, 5.41) is 0. The van der Waals surface area contributed by atoms with Crippen molar-refractivity contribution in [1.82, 2.24) is 0 Å². The molecule has 0 aromatic heterocycles. The molecule has 1 nitrogen and oxygen atoms in total. The maximum absolute atomic E-state index is 6.32. The Bertz CT molecular complexity index is 155. The van der Waals surface area contributed by atoms with Crippen molar-refractivity contribution >= 4 is 0 Å². The summed E-state index contributed by atoms with van der Waals surface area (Å²) in [6.07, 6.45) is 8.57. The Kier molecular flexibility index (Phi) is 2.20. The Labute approximate surface area is 90.0 Å². The molecule has 0 aliphatic heterocycles. The molecule has 4 saturated carbocycles. The van der Waals surface area contributed by atoms with Crippen molar-refractivity contribution in [1.29, 1.82) is 0 Å². The van der Waals surface area contributed by atoms with E-state index < -0.39 is 0 Å². The van der Waals surface area contributed by atoms with Crippen LogP contribution in [-0.2, 0) is 22.4 Å². The molecule has 2 N–H and O–H groups in total. The second-order valence-electron chi connectivity index (χ2n) is 5.28. The van der Waals surface area contributed by atoms with Crippen LogP contribution < -0.4 is 5.73 Å². The summed E-state index contributed by atoms with van der Waals surface area (Å²) in [6, 6.07) is 0. The SMILES string of the molecule is NC12CC3CC(CC(C3)C1)C2.[Au]. The fourth-order valence-electron chi connectivity index (χ4n) is 4.18. The molecule has 4 rings (SSSR count). The Balaban J connectivity index is 0.000000563. The molecule has 0 saturated heterocycles. The van der Waals surface area contributed by atoms with E-state index in [0.717, 1.165) is 17.8 Å². The molecule has 73 valence electrons. The zero-order valence-corrected chi connectivity index (χ0v) is 9.52. The van der Waals surface area contributed by atoms with Gasteiger partial charge in [0.1, 0.15) is 0 Å². The average molecular weight is 348 g/mol. The molecule has 4 aliphatic carbocycles. The predicted octanol–water partition coefficient (Wildman–Crippen LogP) is 1.91. The van der Waals surface area contributed by atoms with E-state index in [2.05, 4.69) is 0 Å². The van der Waals surface area contributed by atoms with Crippen LogP contribution in [0.25, 0.3) is 0 Å². The Morgan fingerprint density at radius 1 is 0.833 bits per heavy atom. The van der Waals surface area contributed by atoms with Gasteiger partial charge in [-0.3, -0.25) is 0 Å². The third-order valence-corrected chi connectivity index (χ3v) is 4.09. The summed E-state index contributed by atoms with van der Waals surface area (Å²) < 4.78 is 0. The van der Waals surface area contributed by atoms with Crippen LogP contribution in [-0.4, -0.2) is 5.54 Å². The van der Waals surface area contributed by atoms with Crippen LogP contribution in [0.4, 0.5) is 0 Å². The molecule has 1 radical (unpaired) electrons. The molecule has 0 unspecified atom stereocenters. The van der Waals surface area contributed by atoms with Gasteiger partial charge in [-0.15, -0.1) is 0 Å². The summed E-state index contributed by atoms with van der Waals surface area (Å²) in [6.45, 7) is 0. The quantitative estimate of drug-likeness (QED) is 0.665. The van der Waals surface area contributed by atoms with Gasteiger partial charge in [0.05, 0.1) is 0 Å². The van der Waals surface area contributed by atoms with Crippen LogP contribution in [0, 0.1) is 17.8 Å². The molecular formula is C10H17AuN. The predicted molar refractivity (Wildman–Crippen MR) is 45.1 cm³/mol. The topological polar surface area (TPSA) is 26.0 Å². The fourth-order valence-corrected chi connectivity index (χ4v) is 4.18. The van der Waals surface area contributed by atoms with Crippen LogP contribution in [0.2, 0.25) is 0 Å². The molecule has 0 spiro atoms. The molecule has 4 aliphatic rings. The van der Waals surface area contributed by atoms with Gasteiger partial charge in [0, 0.05) is 27.9 Å². The van der Waals surface area contributed by atoms with E-state index in [1.165, 1.54) is 38.5 Å². The van der Waals surface area contributed by atoms with Crippen LogP contribution in [0.5, 0.6) is 0 Å². The van der Waals surface area contributed by atoms with Gasteiger partial charge in [-0.2, -0.15) is 0 Å². The Morgan fingerprint density at radius 2 is 1.17 bits per heavy atom. The van der Waals surface area contributed by atoms with Gasteiger partial charge < -0.3 is 5.73 Å². The maximum atomic E-state index is 6.32. The van der Waals surface area contributed by atoms with Crippen molar-refractivity contribution < 1.29 is 22.4 Å². The number of hydrogen-bond acceptors (Lipinski definition) is 1. The van der Waals surface area contributed by atoms with Crippen molar-refractivity contribution in [2.24, 2.45) is 23.5 Å². The summed E-state index contributed by atoms with van der Waals surface area (Å²) in [5.74, 6) is 3.06. The second kappa shape index (κ2) is 2.84. The van der Waals surface area contributed by atoms with Gasteiger partial charge in [-0.1, -0.05) is 0 Å². The van der Waals surface area contributed by atoms with Gasteiger partial charge in [0.15, 0.2) is 0 Å². The molecule has 4 fully saturated rings. The largest absolute Gasteiger partial charge is 0.325 e. The van der Waals surface area contributed by atoms with E-state index in [9.17, 15) is 0 Å². The zero-order valence-electron chi connectivity index (χ0n) is 7.35. The van der Waals surface area contributed by atoms with Gasteiger partial charge in [0.25, 0.3) is 0 Å². The first kappa shape index (κ1) is 9.26. The summed E-state index contributed by atoms with van der Waals surface area (Å²) >= 11 is 0. The van der Waals surface area contributed by atoms with Gasteiger partial charge in [-0.05, 0) is 56.3 Å². The van der Waals surface area contributed by atoms with E-state index >= 15 is 0 Å². The van der Waals surface area contributed by atoms with Crippen molar-refractivity contribution in [2.75, 3.05) is 0 Å². The zero-order chi connectivity index (χ0) is 7.47. The van der Waals surface area contributed by atoms with Gasteiger partial charge in [-0.25, -0.2) is 0 Å². The second-order valence-corrected chi connectivity index (χ2v) is 5.28. The van der Waals surface area contributed by atoms with Gasteiger partial charge >= 0.3 is 0 Å². The van der Waals surface area contributed by atoms with Crippen LogP contribution in [0.1, 0.15) is 38.5 Å². The first-order valence-corrected chi connectivity index (χ1v) is 5.02. The minimum atomic E-state index is 0. The third kappa shape index (κ3) is 1.31. The number of nitrogens with two attached hydrogens (primary N) is 1. The molecule has 2 heteroatoms. The molecule has 4 bridgehead atoms. The summed E-state index contributed by atoms with van der Waals surface area (Å²) in [5.41, 5.74) is 6.62. The first-order valence-electron chi connectivity index (χ1n) is 5.02. The first-order chi connectivity index (χ1) is 5.23. The smallest absolute Gasteiger partial charge is 0.0162 e. The number of rotatable bonds is 0. The van der Waals surface area contributed by atoms with E-state index in [0.29, 0.717) is 5.54 Å². The fraction of sp³-hybridized carbons (Fsp3) is 1.00. The summed E-state index contributed by atoms with van der Waals surface area (Å²) in [7, 11) is 0. The third-order valence-electron chi connectivity index (χ3n) is 4.09. The molecule has 0 aromatic rings. The number of hydrogen-bond donors (Lipinski definition) is 1. The van der Waals surface area contributed by atoms with E-state index in [1.54, 1.807) is 0 Å². The monoisotopic (exact) mass is 348 g/mol. The van der Waals surface area contributed by atoms with Crippen LogP contribution >= 0.6 is 0 Å². The minimum absolute atomic E-state index is 0. The molecule has 0 aromatic carbocycles. The molecule has 0 amide bonds. The van der Waals surface area contributed by atoms with E-state index in [-0.39, 0.29) is 22.4 Å². The van der Waals surface area contributed by atoms with Crippen molar-refractivity contribution in [3.8, 4) is 0 Å². The molecule has 12 heavy (non-hydrogen) atoms. The standard InChI is InChI=1S/C10H17N.Au/c11-10-4-7-1-8(5-10)3-9(2-7)6-10;/h7-9H,1-6,11H2;. The molecule has 0 heterocycles. The molecule has 0 atom stereocenters. The van der Waals surface area contributed by atoms with E-state index in [4.69, 9.17) is 5.73 Å². The Morgan fingerprint density at radius 3 is 1.42 bits per heavy atom. The average Bonchev–Trinajstić information content (AvgIpc) is 1.79. The van der Waals surface area contributed by atoms with Crippen molar-refractivity contribution in [2.45, 2.75) is 44.1 Å². The van der Waals surface area contributed by atoms with Crippen LogP contribution in [0.3, 0.4) is 0 Å². The summed E-state index contributed by atoms with van der Waals surface area (Å²) in [4.78, 5) is 0.